The Kier molecular flexibility index (Phi) is 5.09. The van der Waals surface area contributed by atoms with Gasteiger partial charge in [-0.1, -0.05) is 30.3 Å². The third kappa shape index (κ3) is 3.93. The van der Waals surface area contributed by atoms with Gasteiger partial charge in [-0.25, -0.2) is 4.79 Å². The highest BCUT2D eigenvalue weighted by molar-refractivity contribution is 8.00. The summed E-state index contributed by atoms with van der Waals surface area (Å²) in [6.45, 7) is 5.35. The number of rotatable bonds is 4. The highest BCUT2D eigenvalue weighted by Gasteiger charge is 2.53. The zero-order valence-electron chi connectivity index (χ0n) is 15.0. The maximum Gasteiger partial charge on any atom is 0.355 e. The van der Waals surface area contributed by atoms with Gasteiger partial charge < -0.3 is 10.1 Å². The zero-order chi connectivity index (χ0) is 18.9. The average Bonchev–Trinajstić information content (AvgIpc) is 2.58. The predicted octanol–water partition coefficient (Wildman–Crippen LogP) is 1.85. The molecule has 0 aliphatic carbocycles. The number of β-lactam (4-membered cyclic amide) rings is 1. The average molecular weight is 374 g/mol. The molecule has 0 spiro atoms. The van der Waals surface area contributed by atoms with Gasteiger partial charge in [-0.15, -0.1) is 11.8 Å². The molecule has 2 aliphatic rings. The summed E-state index contributed by atoms with van der Waals surface area (Å²) in [4.78, 5) is 38.5. The SMILES string of the molecule is CC(C)(C)OC(=O)C1=CCS[C@@H]2[C@H](NC(=O)Cc3ccccc3)C(=O)N12. The number of hydrogen-bond donors (Lipinski definition) is 1. The van der Waals surface area contributed by atoms with E-state index in [0.29, 0.717) is 5.75 Å². The van der Waals surface area contributed by atoms with Gasteiger partial charge in [0.05, 0.1) is 6.42 Å². The number of amides is 2. The Hall–Kier alpha value is -2.28. The van der Waals surface area contributed by atoms with Gasteiger partial charge in [0.1, 0.15) is 22.7 Å². The number of carbonyl (C=O) groups is 3. The molecule has 6 nitrogen and oxygen atoms in total. The smallest absolute Gasteiger partial charge is 0.355 e. The lowest BCUT2D eigenvalue weighted by atomic mass is 10.0. The molecule has 1 N–H and O–H groups in total. The molecule has 0 aromatic heterocycles. The predicted molar refractivity (Wildman–Crippen MR) is 99.1 cm³/mol. The summed E-state index contributed by atoms with van der Waals surface area (Å²) in [5.74, 6) is -0.400. The van der Waals surface area contributed by atoms with Crippen molar-refractivity contribution >= 4 is 29.5 Å². The highest BCUT2D eigenvalue weighted by Crippen LogP contribution is 2.38. The van der Waals surface area contributed by atoms with Gasteiger partial charge in [0.15, 0.2) is 0 Å². The number of nitrogens with zero attached hydrogens (tertiary/aromatic N) is 1. The van der Waals surface area contributed by atoms with Crippen LogP contribution in [0.25, 0.3) is 0 Å². The minimum Gasteiger partial charge on any atom is -0.455 e. The Morgan fingerprint density at radius 3 is 2.62 bits per heavy atom. The molecule has 0 radical (unpaired) electrons. The molecule has 0 saturated carbocycles. The van der Waals surface area contributed by atoms with Crippen molar-refractivity contribution < 1.29 is 19.1 Å². The summed E-state index contributed by atoms with van der Waals surface area (Å²) < 4.78 is 5.38. The van der Waals surface area contributed by atoms with E-state index in [-0.39, 0.29) is 29.3 Å². The highest BCUT2D eigenvalue weighted by atomic mass is 32.2. The van der Waals surface area contributed by atoms with Gasteiger partial charge in [-0.2, -0.15) is 0 Å². The van der Waals surface area contributed by atoms with E-state index >= 15 is 0 Å². The monoisotopic (exact) mass is 374 g/mol. The molecule has 0 bridgehead atoms. The van der Waals surface area contributed by atoms with Gasteiger partial charge in [0, 0.05) is 5.75 Å². The number of esters is 1. The molecule has 1 aromatic rings. The first kappa shape index (κ1) is 18.5. The summed E-state index contributed by atoms with van der Waals surface area (Å²) in [5, 5.41) is 2.52. The molecule has 2 amide bonds. The molecular weight excluding hydrogens is 352 g/mol. The Labute approximate surface area is 157 Å². The zero-order valence-corrected chi connectivity index (χ0v) is 15.8. The lowest BCUT2D eigenvalue weighted by Gasteiger charge is -2.48. The number of carbonyl (C=O) groups excluding carboxylic acids is 3. The molecule has 0 unspecified atom stereocenters. The number of thioether (sulfide) groups is 1. The van der Waals surface area contributed by atoms with Crippen LogP contribution in [0, 0.1) is 0 Å². The minimum absolute atomic E-state index is 0.205. The van der Waals surface area contributed by atoms with Gasteiger partial charge in [-0.05, 0) is 32.4 Å². The van der Waals surface area contributed by atoms with Crippen molar-refractivity contribution in [3.63, 3.8) is 0 Å². The fourth-order valence-electron chi connectivity index (χ4n) is 2.87. The summed E-state index contributed by atoms with van der Waals surface area (Å²) >= 11 is 1.52. The molecule has 1 aromatic carbocycles. The summed E-state index contributed by atoms with van der Waals surface area (Å²) in [6, 6.07) is 8.75. The van der Waals surface area contributed by atoms with Crippen molar-refractivity contribution in [1.82, 2.24) is 10.2 Å². The second-order valence-electron chi connectivity index (χ2n) is 7.23. The van der Waals surface area contributed by atoms with Crippen LogP contribution in [0.4, 0.5) is 0 Å². The van der Waals surface area contributed by atoms with Crippen LogP contribution in [0.2, 0.25) is 0 Å². The third-order valence-electron chi connectivity index (χ3n) is 3.98. The fourth-order valence-corrected chi connectivity index (χ4v) is 4.06. The van der Waals surface area contributed by atoms with Crippen molar-refractivity contribution in [3.8, 4) is 0 Å². The van der Waals surface area contributed by atoms with E-state index in [2.05, 4.69) is 5.32 Å². The summed E-state index contributed by atoms with van der Waals surface area (Å²) in [5.41, 5.74) is 0.524. The van der Waals surface area contributed by atoms with Crippen molar-refractivity contribution in [2.24, 2.45) is 0 Å². The topological polar surface area (TPSA) is 75.7 Å². The Balaban J connectivity index is 1.62. The first-order valence-electron chi connectivity index (χ1n) is 8.48. The van der Waals surface area contributed by atoms with Crippen molar-refractivity contribution in [2.45, 2.75) is 44.2 Å². The molecule has 2 heterocycles. The van der Waals surface area contributed by atoms with E-state index in [0.717, 1.165) is 5.56 Å². The summed E-state index contributed by atoms with van der Waals surface area (Å²) in [7, 11) is 0. The Morgan fingerprint density at radius 1 is 1.27 bits per heavy atom. The van der Waals surface area contributed by atoms with E-state index in [4.69, 9.17) is 4.74 Å². The Morgan fingerprint density at radius 2 is 1.96 bits per heavy atom. The lowest BCUT2D eigenvalue weighted by molar-refractivity contribution is -0.158. The molecule has 26 heavy (non-hydrogen) atoms. The van der Waals surface area contributed by atoms with E-state index in [1.54, 1.807) is 26.8 Å². The molecule has 1 saturated heterocycles. The third-order valence-corrected chi connectivity index (χ3v) is 5.16. The molecule has 138 valence electrons. The van der Waals surface area contributed by atoms with Crippen LogP contribution >= 0.6 is 11.8 Å². The van der Waals surface area contributed by atoms with Crippen molar-refractivity contribution in [3.05, 3.63) is 47.7 Å². The molecule has 2 aliphatic heterocycles. The van der Waals surface area contributed by atoms with Gasteiger partial charge in [0.25, 0.3) is 5.91 Å². The van der Waals surface area contributed by atoms with Crippen molar-refractivity contribution in [2.75, 3.05) is 5.75 Å². The van der Waals surface area contributed by atoms with E-state index in [9.17, 15) is 14.4 Å². The number of hydrogen-bond acceptors (Lipinski definition) is 5. The van der Waals surface area contributed by atoms with Gasteiger partial charge in [0.2, 0.25) is 5.91 Å². The number of nitrogens with one attached hydrogen (secondary N) is 1. The Bertz CT molecular complexity index is 755. The van der Waals surface area contributed by atoms with Crippen LogP contribution in [0.1, 0.15) is 26.3 Å². The maximum atomic E-state index is 12.5. The number of benzene rings is 1. The lowest BCUT2D eigenvalue weighted by Crippen LogP contribution is -2.70. The van der Waals surface area contributed by atoms with Crippen LogP contribution in [0.5, 0.6) is 0 Å². The second-order valence-corrected chi connectivity index (χ2v) is 8.38. The molecular formula is C19H22N2O4S. The van der Waals surface area contributed by atoms with Crippen molar-refractivity contribution in [1.29, 1.82) is 0 Å². The standard InChI is InChI=1S/C19H22N2O4S/c1-19(2,3)25-18(24)13-9-10-26-17-15(16(23)21(13)17)20-14(22)11-12-7-5-4-6-8-12/h4-9,15,17H,10-11H2,1-3H3,(H,20,22)/t15-,17-/m1/s1. The fraction of sp³-hybridized carbons (Fsp3) is 0.421. The number of ether oxygens (including phenoxy) is 1. The minimum atomic E-state index is -0.630. The quantitative estimate of drug-likeness (QED) is 0.643. The molecule has 2 atom stereocenters. The van der Waals surface area contributed by atoms with Gasteiger partial charge in [-0.3, -0.25) is 14.5 Å². The van der Waals surface area contributed by atoms with Gasteiger partial charge >= 0.3 is 5.97 Å². The largest absolute Gasteiger partial charge is 0.455 e. The van der Waals surface area contributed by atoms with E-state index in [1.165, 1.54) is 16.7 Å². The summed E-state index contributed by atoms with van der Waals surface area (Å²) in [6.07, 6.45) is 1.92. The second kappa shape index (κ2) is 7.15. The van der Waals surface area contributed by atoms with E-state index < -0.39 is 17.6 Å². The molecule has 1 fully saturated rings. The first-order chi connectivity index (χ1) is 12.3. The molecule has 3 rings (SSSR count). The maximum absolute atomic E-state index is 12.5. The van der Waals surface area contributed by atoms with Crippen LogP contribution < -0.4 is 5.32 Å². The normalized spacial score (nSPS) is 22.0. The molecule has 7 heteroatoms. The number of fused-ring (bicyclic) bond motifs is 1. The van der Waals surface area contributed by atoms with Crippen LogP contribution in [0.15, 0.2) is 42.1 Å². The van der Waals surface area contributed by atoms with Crippen LogP contribution in [-0.2, 0) is 25.5 Å². The van der Waals surface area contributed by atoms with Crippen LogP contribution in [-0.4, -0.2) is 45.5 Å². The van der Waals surface area contributed by atoms with Crippen LogP contribution in [0.3, 0.4) is 0 Å². The van der Waals surface area contributed by atoms with E-state index in [1.807, 2.05) is 30.3 Å². The first-order valence-corrected chi connectivity index (χ1v) is 9.52.